The van der Waals surface area contributed by atoms with Crippen LogP contribution in [0.25, 0.3) is 11.4 Å². The van der Waals surface area contributed by atoms with Gasteiger partial charge >= 0.3 is 5.97 Å². The number of aromatic nitrogens is 2. The zero-order valence-corrected chi connectivity index (χ0v) is 16.3. The van der Waals surface area contributed by atoms with Gasteiger partial charge in [-0.15, -0.1) is 0 Å². The molecule has 0 unspecified atom stereocenters. The molecule has 0 aliphatic heterocycles. The Morgan fingerprint density at radius 1 is 1.07 bits per heavy atom. The molecule has 144 valence electrons. The zero-order chi connectivity index (χ0) is 20.3. The number of ether oxygens (including phenoxy) is 1. The van der Waals surface area contributed by atoms with Crippen LogP contribution < -0.4 is 5.32 Å². The molecule has 0 radical (unpaired) electrons. The van der Waals surface area contributed by atoms with E-state index in [1.54, 1.807) is 42.7 Å². The largest absolute Gasteiger partial charge is 0.456 e. The summed E-state index contributed by atoms with van der Waals surface area (Å²) in [5, 5.41) is 3.14. The van der Waals surface area contributed by atoms with Gasteiger partial charge in [0.15, 0.2) is 5.82 Å². The first-order valence-electron chi connectivity index (χ1n) is 8.91. The van der Waals surface area contributed by atoms with Crippen LogP contribution in [0.3, 0.4) is 0 Å². The monoisotopic (exact) mass is 379 g/mol. The number of carbonyl (C=O) groups excluding carboxylic acids is 1. The predicted molar refractivity (Wildman–Crippen MR) is 107 cm³/mol. The molecule has 0 bridgehead atoms. The molecule has 0 saturated carbocycles. The van der Waals surface area contributed by atoms with Crippen LogP contribution in [0.1, 0.15) is 36.7 Å². The van der Waals surface area contributed by atoms with Crippen LogP contribution in [-0.4, -0.2) is 21.5 Å². The van der Waals surface area contributed by atoms with Gasteiger partial charge in [0.05, 0.1) is 34.9 Å². The molecule has 0 atom stereocenters. The van der Waals surface area contributed by atoms with Crippen molar-refractivity contribution in [3.05, 3.63) is 71.8 Å². The lowest BCUT2D eigenvalue weighted by molar-refractivity contribution is 0.00706. The van der Waals surface area contributed by atoms with Crippen molar-refractivity contribution in [1.82, 2.24) is 9.97 Å². The highest BCUT2D eigenvalue weighted by atomic mass is 19.1. The zero-order valence-electron chi connectivity index (χ0n) is 16.3. The predicted octanol–water partition coefficient (Wildman–Crippen LogP) is 5.29. The third kappa shape index (κ3) is 4.71. The number of hydrogen-bond donors (Lipinski definition) is 1. The topological polar surface area (TPSA) is 64.1 Å². The number of aryl methyl sites for hydroxylation is 1. The van der Waals surface area contributed by atoms with Crippen LogP contribution in [0.5, 0.6) is 0 Å². The van der Waals surface area contributed by atoms with Crippen LogP contribution >= 0.6 is 0 Å². The quantitative estimate of drug-likeness (QED) is 0.624. The molecule has 0 aliphatic rings. The molecule has 1 aromatic heterocycles. The Balaban J connectivity index is 1.86. The molecule has 5 nitrogen and oxygen atoms in total. The van der Waals surface area contributed by atoms with Gasteiger partial charge in [-0.25, -0.2) is 19.2 Å². The highest BCUT2D eigenvalue weighted by molar-refractivity contribution is 5.97. The van der Waals surface area contributed by atoms with E-state index >= 15 is 0 Å². The van der Waals surface area contributed by atoms with Crippen molar-refractivity contribution >= 4 is 17.3 Å². The molecular weight excluding hydrogens is 357 g/mol. The third-order valence-electron chi connectivity index (χ3n) is 3.84. The van der Waals surface area contributed by atoms with E-state index in [2.05, 4.69) is 15.3 Å². The van der Waals surface area contributed by atoms with Gasteiger partial charge in [0.25, 0.3) is 0 Å². The Kier molecular flexibility index (Phi) is 5.40. The first-order chi connectivity index (χ1) is 13.2. The lowest BCUT2D eigenvalue weighted by Crippen LogP contribution is -2.24. The van der Waals surface area contributed by atoms with Crippen molar-refractivity contribution in [2.75, 3.05) is 5.32 Å². The van der Waals surface area contributed by atoms with E-state index in [1.807, 2.05) is 33.8 Å². The lowest BCUT2D eigenvalue weighted by Gasteiger charge is -2.21. The summed E-state index contributed by atoms with van der Waals surface area (Å²) in [6, 6.07) is 11.8. The number of nitrogens with zero attached hydrogens (tertiary/aromatic N) is 2. The summed E-state index contributed by atoms with van der Waals surface area (Å²) in [5.41, 5.74) is 2.27. The van der Waals surface area contributed by atoms with Crippen LogP contribution in [0.4, 0.5) is 15.8 Å². The molecule has 1 N–H and O–H groups in total. The van der Waals surface area contributed by atoms with Gasteiger partial charge in [-0.3, -0.25) is 0 Å². The maximum absolute atomic E-state index is 13.9. The standard InChI is InChI=1S/C22H22FN3O2/c1-14-9-10-19(17(11-14)21(27)28-22(2,3)4)26-15-12-24-20(25-13-15)16-7-5-6-8-18(16)23/h5-13,26H,1-4H3. The second-order valence-corrected chi connectivity index (χ2v) is 7.45. The van der Waals surface area contributed by atoms with E-state index in [1.165, 1.54) is 6.07 Å². The molecule has 3 rings (SSSR count). The Labute approximate surface area is 163 Å². The maximum Gasteiger partial charge on any atom is 0.340 e. The molecule has 3 aromatic rings. The second kappa shape index (κ2) is 7.76. The fourth-order valence-electron chi connectivity index (χ4n) is 2.60. The summed E-state index contributed by atoms with van der Waals surface area (Å²) in [5.74, 6) is -0.503. The maximum atomic E-state index is 13.9. The molecule has 0 aliphatic carbocycles. The Bertz CT molecular complexity index is 995. The van der Waals surface area contributed by atoms with Crippen LogP contribution in [0.15, 0.2) is 54.9 Å². The van der Waals surface area contributed by atoms with Crippen molar-refractivity contribution in [1.29, 1.82) is 0 Å². The summed E-state index contributed by atoms with van der Waals surface area (Å²) in [4.78, 5) is 21.0. The summed E-state index contributed by atoms with van der Waals surface area (Å²) >= 11 is 0. The number of hydrogen-bond acceptors (Lipinski definition) is 5. The Morgan fingerprint density at radius 3 is 2.39 bits per heavy atom. The van der Waals surface area contributed by atoms with Gasteiger partial charge in [-0.2, -0.15) is 0 Å². The van der Waals surface area contributed by atoms with Crippen LogP contribution in [0, 0.1) is 12.7 Å². The van der Waals surface area contributed by atoms with Crippen molar-refractivity contribution < 1.29 is 13.9 Å². The molecule has 0 saturated heterocycles. The second-order valence-electron chi connectivity index (χ2n) is 7.45. The van der Waals surface area contributed by atoms with E-state index in [9.17, 15) is 9.18 Å². The van der Waals surface area contributed by atoms with Crippen LogP contribution in [0.2, 0.25) is 0 Å². The fourth-order valence-corrected chi connectivity index (χ4v) is 2.60. The van der Waals surface area contributed by atoms with Crippen molar-refractivity contribution in [3.8, 4) is 11.4 Å². The number of esters is 1. The van der Waals surface area contributed by atoms with Crippen LogP contribution in [-0.2, 0) is 4.74 Å². The van der Waals surface area contributed by atoms with Crippen molar-refractivity contribution in [2.45, 2.75) is 33.3 Å². The first-order valence-corrected chi connectivity index (χ1v) is 8.91. The number of halogens is 1. The number of carbonyl (C=O) groups is 1. The van der Waals surface area contributed by atoms with E-state index in [-0.39, 0.29) is 5.82 Å². The van der Waals surface area contributed by atoms with Gasteiger partial charge in [0.2, 0.25) is 0 Å². The van der Waals surface area contributed by atoms with Gasteiger partial charge in [0.1, 0.15) is 11.4 Å². The minimum atomic E-state index is -0.595. The molecule has 28 heavy (non-hydrogen) atoms. The highest BCUT2D eigenvalue weighted by Crippen LogP contribution is 2.25. The fraction of sp³-hybridized carbons (Fsp3) is 0.227. The normalized spacial score (nSPS) is 11.2. The minimum Gasteiger partial charge on any atom is -0.456 e. The summed E-state index contributed by atoms with van der Waals surface area (Å²) in [6.45, 7) is 7.37. The smallest absolute Gasteiger partial charge is 0.340 e. The van der Waals surface area contributed by atoms with Gasteiger partial charge in [0, 0.05) is 0 Å². The van der Waals surface area contributed by atoms with Crippen molar-refractivity contribution in [3.63, 3.8) is 0 Å². The van der Waals surface area contributed by atoms with Gasteiger partial charge < -0.3 is 10.1 Å². The molecule has 0 amide bonds. The SMILES string of the molecule is Cc1ccc(Nc2cnc(-c3ccccc3F)nc2)c(C(=O)OC(C)(C)C)c1. The lowest BCUT2D eigenvalue weighted by atomic mass is 10.1. The summed E-state index contributed by atoms with van der Waals surface area (Å²) in [6.07, 6.45) is 3.10. The molecule has 0 spiro atoms. The van der Waals surface area contributed by atoms with E-state index < -0.39 is 11.6 Å². The number of anilines is 2. The highest BCUT2D eigenvalue weighted by Gasteiger charge is 2.21. The number of rotatable bonds is 4. The van der Waals surface area contributed by atoms with Gasteiger partial charge in [-0.1, -0.05) is 23.8 Å². The molecule has 2 aromatic carbocycles. The Hall–Kier alpha value is -3.28. The van der Waals surface area contributed by atoms with Crippen molar-refractivity contribution in [2.24, 2.45) is 0 Å². The van der Waals surface area contributed by atoms with E-state index in [4.69, 9.17) is 4.74 Å². The molecule has 1 heterocycles. The average molecular weight is 379 g/mol. The van der Waals surface area contributed by atoms with E-state index in [0.29, 0.717) is 28.3 Å². The van der Waals surface area contributed by atoms with E-state index in [0.717, 1.165) is 5.56 Å². The third-order valence-corrected chi connectivity index (χ3v) is 3.84. The van der Waals surface area contributed by atoms with Gasteiger partial charge in [-0.05, 0) is 52.0 Å². The number of benzene rings is 2. The minimum absolute atomic E-state index is 0.292. The molecular formula is C22H22FN3O2. The number of nitrogens with one attached hydrogen (secondary N) is 1. The Morgan fingerprint density at radius 2 is 1.75 bits per heavy atom. The first kappa shape index (κ1) is 19.5. The summed E-state index contributed by atoms with van der Waals surface area (Å²) < 4.78 is 19.4. The molecule has 0 fully saturated rings. The molecule has 6 heteroatoms. The average Bonchev–Trinajstić information content (AvgIpc) is 2.63. The summed E-state index contributed by atoms with van der Waals surface area (Å²) in [7, 11) is 0.